The van der Waals surface area contributed by atoms with E-state index in [0.717, 1.165) is 30.8 Å². The number of aromatic nitrogens is 3. The zero-order valence-electron chi connectivity index (χ0n) is 12.7. The van der Waals surface area contributed by atoms with E-state index in [0.29, 0.717) is 13.1 Å². The Morgan fingerprint density at radius 1 is 1.33 bits per heavy atom. The molecular formula is C15H16F4N4O. The predicted molar refractivity (Wildman–Crippen MR) is 76.7 cm³/mol. The second kappa shape index (κ2) is 6.76. The molecule has 1 atom stereocenters. The van der Waals surface area contributed by atoms with Crippen LogP contribution in [0.15, 0.2) is 24.5 Å². The SMILES string of the molecule is Fc1cccc(OC(F)(F)F)c1CN1CCCC(c2ncn[nH]2)C1. The molecule has 0 radical (unpaired) electrons. The highest BCUT2D eigenvalue weighted by atomic mass is 19.4. The monoisotopic (exact) mass is 344 g/mol. The lowest BCUT2D eigenvalue weighted by Gasteiger charge is -2.32. The Morgan fingerprint density at radius 3 is 2.88 bits per heavy atom. The number of aromatic amines is 1. The van der Waals surface area contributed by atoms with Crippen molar-refractivity contribution in [2.45, 2.75) is 31.7 Å². The van der Waals surface area contributed by atoms with E-state index < -0.39 is 17.9 Å². The molecule has 130 valence electrons. The van der Waals surface area contributed by atoms with Crippen LogP contribution in [0.1, 0.15) is 30.1 Å². The standard InChI is InChI=1S/C15H16F4N4O/c16-12-4-1-5-13(24-15(17,18)19)11(12)8-23-6-2-3-10(7-23)14-20-9-21-22-14/h1,4-5,9-10H,2-3,6-8H2,(H,20,21,22). The Morgan fingerprint density at radius 2 is 2.17 bits per heavy atom. The van der Waals surface area contributed by atoms with Crippen LogP contribution in [-0.2, 0) is 6.54 Å². The highest BCUT2D eigenvalue weighted by Gasteiger charge is 2.33. The molecule has 3 rings (SSSR count). The van der Waals surface area contributed by atoms with E-state index in [1.165, 1.54) is 12.4 Å². The number of hydrogen-bond donors (Lipinski definition) is 1. The van der Waals surface area contributed by atoms with Gasteiger partial charge >= 0.3 is 6.36 Å². The lowest BCUT2D eigenvalue weighted by molar-refractivity contribution is -0.275. The van der Waals surface area contributed by atoms with Crippen LogP contribution in [0, 0.1) is 5.82 Å². The quantitative estimate of drug-likeness (QED) is 0.866. The number of alkyl halides is 3. The lowest BCUT2D eigenvalue weighted by atomic mass is 9.97. The number of rotatable bonds is 4. The number of nitrogens with zero attached hydrogens (tertiary/aromatic N) is 3. The number of piperidine rings is 1. The van der Waals surface area contributed by atoms with Gasteiger partial charge in [-0.1, -0.05) is 6.07 Å². The summed E-state index contributed by atoms with van der Waals surface area (Å²) in [4.78, 5) is 6.03. The zero-order chi connectivity index (χ0) is 17.2. The van der Waals surface area contributed by atoms with Gasteiger partial charge in [0.05, 0.1) is 0 Å². The summed E-state index contributed by atoms with van der Waals surface area (Å²) in [5, 5.41) is 6.63. The van der Waals surface area contributed by atoms with Gasteiger partial charge in [-0.3, -0.25) is 10.00 Å². The zero-order valence-corrected chi connectivity index (χ0v) is 12.7. The second-order valence-electron chi connectivity index (χ2n) is 5.71. The van der Waals surface area contributed by atoms with Gasteiger partial charge in [-0.2, -0.15) is 5.10 Å². The van der Waals surface area contributed by atoms with E-state index in [9.17, 15) is 17.6 Å². The number of nitrogens with one attached hydrogen (secondary N) is 1. The van der Waals surface area contributed by atoms with Crippen LogP contribution in [0.5, 0.6) is 5.75 Å². The minimum Gasteiger partial charge on any atom is -0.405 e. The van der Waals surface area contributed by atoms with E-state index >= 15 is 0 Å². The van der Waals surface area contributed by atoms with E-state index in [2.05, 4.69) is 19.9 Å². The van der Waals surface area contributed by atoms with E-state index in [-0.39, 0.29) is 18.0 Å². The third-order valence-electron chi connectivity index (χ3n) is 4.01. The number of H-pyrrole nitrogens is 1. The van der Waals surface area contributed by atoms with E-state index in [4.69, 9.17) is 0 Å². The molecule has 1 fully saturated rings. The highest BCUT2D eigenvalue weighted by Crippen LogP contribution is 2.31. The number of hydrogen-bond acceptors (Lipinski definition) is 4. The van der Waals surface area contributed by atoms with Gasteiger partial charge in [-0.15, -0.1) is 13.2 Å². The first kappa shape index (κ1) is 16.7. The minimum atomic E-state index is -4.85. The summed E-state index contributed by atoms with van der Waals surface area (Å²) in [7, 11) is 0. The Hall–Kier alpha value is -2.16. The number of halogens is 4. The Bertz CT molecular complexity index is 675. The maximum Gasteiger partial charge on any atom is 0.573 e. The molecule has 1 N–H and O–H groups in total. The molecule has 0 bridgehead atoms. The van der Waals surface area contributed by atoms with E-state index in [1.54, 1.807) is 0 Å². The fourth-order valence-corrected chi connectivity index (χ4v) is 2.97. The molecule has 24 heavy (non-hydrogen) atoms. The van der Waals surface area contributed by atoms with Gasteiger partial charge in [0, 0.05) is 24.6 Å². The molecule has 1 unspecified atom stereocenters. The van der Waals surface area contributed by atoms with Crippen LogP contribution in [-0.4, -0.2) is 39.5 Å². The van der Waals surface area contributed by atoms with Gasteiger partial charge in [0.2, 0.25) is 0 Å². The summed E-state index contributed by atoms with van der Waals surface area (Å²) in [5.74, 6) is -0.372. The molecule has 1 aliphatic heterocycles. The molecule has 9 heteroatoms. The molecule has 0 spiro atoms. The van der Waals surface area contributed by atoms with Crippen LogP contribution < -0.4 is 4.74 Å². The van der Waals surface area contributed by atoms with Crippen molar-refractivity contribution < 1.29 is 22.3 Å². The fourth-order valence-electron chi connectivity index (χ4n) is 2.97. The van der Waals surface area contributed by atoms with Crippen LogP contribution in [0.3, 0.4) is 0 Å². The molecule has 1 saturated heterocycles. The van der Waals surface area contributed by atoms with Crippen molar-refractivity contribution in [3.8, 4) is 5.75 Å². The van der Waals surface area contributed by atoms with E-state index in [1.807, 2.05) is 4.90 Å². The molecule has 0 saturated carbocycles. The summed E-state index contributed by atoms with van der Waals surface area (Å²) in [6.07, 6.45) is -1.70. The summed E-state index contributed by atoms with van der Waals surface area (Å²) >= 11 is 0. The van der Waals surface area contributed by atoms with Crippen LogP contribution in [0.4, 0.5) is 17.6 Å². The summed E-state index contributed by atoms with van der Waals surface area (Å²) in [5.41, 5.74) is -0.0898. The second-order valence-corrected chi connectivity index (χ2v) is 5.71. The lowest BCUT2D eigenvalue weighted by Crippen LogP contribution is -2.35. The van der Waals surface area contributed by atoms with Crippen molar-refractivity contribution in [2.75, 3.05) is 13.1 Å². The normalized spacial score (nSPS) is 19.4. The maximum atomic E-state index is 14.0. The Kier molecular flexibility index (Phi) is 4.70. The van der Waals surface area contributed by atoms with Gasteiger partial charge in [-0.25, -0.2) is 9.37 Å². The Balaban J connectivity index is 1.75. The van der Waals surface area contributed by atoms with Gasteiger partial charge < -0.3 is 4.74 Å². The molecular weight excluding hydrogens is 328 g/mol. The molecule has 1 aromatic heterocycles. The van der Waals surface area contributed by atoms with Crippen molar-refractivity contribution in [3.05, 3.63) is 41.7 Å². The minimum absolute atomic E-state index is 0.0444. The molecule has 0 amide bonds. The summed E-state index contributed by atoms with van der Waals surface area (Å²) in [6, 6.07) is 3.47. The van der Waals surface area contributed by atoms with Crippen LogP contribution in [0.2, 0.25) is 0 Å². The average molecular weight is 344 g/mol. The van der Waals surface area contributed by atoms with Crippen molar-refractivity contribution in [1.29, 1.82) is 0 Å². The largest absolute Gasteiger partial charge is 0.573 e. The average Bonchev–Trinajstić information content (AvgIpc) is 3.04. The number of ether oxygens (including phenoxy) is 1. The van der Waals surface area contributed by atoms with Crippen LogP contribution >= 0.6 is 0 Å². The molecule has 2 heterocycles. The summed E-state index contributed by atoms with van der Waals surface area (Å²) < 4.78 is 55.5. The molecule has 1 aromatic carbocycles. The highest BCUT2D eigenvalue weighted by molar-refractivity contribution is 5.35. The van der Waals surface area contributed by atoms with Crippen molar-refractivity contribution in [2.24, 2.45) is 0 Å². The van der Waals surface area contributed by atoms with Gasteiger partial charge in [-0.05, 0) is 31.5 Å². The maximum absolute atomic E-state index is 14.0. The molecule has 2 aromatic rings. The fraction of sp³-hybridized carbons (Fsp3) is 0.467. The third kappa shape index (κ3) is 4.02. The Labute approximate surface area is 135 Å². The summed E-state index contributed by atoms with van der Waals surface area (Å²) in [6.45, 7) is 1.28. The molecule has 1 aliphatic rings. The van der Waals surface area contributed by atoms with Crippen LogP contribution in [0.25, 0.3) is 0 Å². The van der Waals surface area contributed by atoms with Gasteiger partial charge in [0.1, 0.15) is 23.7 Å². The van der Waals surface area contributed by atoms with Crippen molar-refractivity contribution >= 4 is 0 Å². The molecule has 0 aliphatic carbocycles. The number of benzene rings is 1. The molecule has 5 nitrogen and oxygen atoms in total. The van der Waals surface area contributed by atoms with Gasteiger partial charge in [0.25, 0.3) is 0 Å². The topological polar surface area (TPSA) is 54.0 Å². The van der Waals surface area contributed by atoms with Crippen molar-refractivity contribution in [3.63, 3.8) is 0 Å². The third-order valence-corrected chi connectivity index (χ3v) is 4.01. The number of likely N-dealkylation sites (tertiary alicyclic amines) is 1. The van der Waals surface area contributed by atoms with Crippen molar-refractivity contribution in [1.82, 2.24) is 20.1 Å². The van der Waals surface area contributed by atoms with Gasteiger partial charge in [0.15, 0.2) is 0 Å². The smallest absolute Gasteiger partial charge is 0.405 e. The first-order valence-corrected chi connectivity index (χ1v) is 7.53. The first-order valence-electron chi connectivity index (χ1n) is 7.53. The first-order chi connectivity index (χ1) is 11.4. The predicted octanol–water partition coefficient (Wildman–Crippen LogP) is 3.22.